The standard InChI is InChI=1S/C22H26N2O/c1-2-19-20-10-6-7-11-21(20)24(22(19)25)18-12-14-23(15-13-18)16-17-8-4-3-5-9-17/h3-11,18-19H,2,12-16H2,1H3. The van der Waals surface area contributed by atoms with Crippen LogP contribution in [-0.2, 0) is 11.3 Å². The van der Waals surface area contributed by atoms with E-state index in [4.69, 9.17) is 0 Å². The van der Waals surface area contributed by atoms with Gasteiger partial charge in [0, 0.05) is 31.4 Å². The van der Waals surface area contributed by atoms with Crippen molar-refractivity contribution in [2.75, 3.05) is 18.0 Å². The van der Waals surface area contributed by atoms with Gasteiger partial charge in [-0.3, -0.25) is 9.69 Å². The van der Waals surface area contributed by atoms with Crippen LogP contribution in [0.2, 0.25) is 0 Å². The summed E-state index contributed by atoms with van der Waals surface area (Å²) in [7, 11) is 0. The van der Waals surface area contributed by atoms with Gasteiger partial charge in [-0.1, -0.05) is 55.5 Å². The van der Waals surface area contributed by atoms with E-state index >= 15 is 0 Å². The molecule has 1 amide bonds. The zero-order valence-electron chi connectivity index (χ0n) is 14.9. The lowest BCUT2D eigenvalue weighted by Crippen LogP contribution is -2.46. The number of fused-ring (bicyclic) bond motifs is 1. The molecule has 0 spiro atoms. The van der Waals surface area contributed by atoms with Gasteiger partial charge in [0.2, 0.25) is 5.91 Å². The Kier molecular flexibility index (Phi) is 4.58. The van der Waals surface area contributed by atoms with Crippen LogP contribution >= 0.6 is 0 Å². The Hall–Kier alpha value is -2.13. The minimum absolute atomic E-state index is 0.0542. The number of rotatable bonds is 4. The molecule has 0 saturated carbocycles. The number of benzene rings is 2. The summed E-state index contributed by atoms with van der Waals surface area (Å²) in [5, 5.41) is 0. The minimum atomic E-state index is 0.0542. The summed E-state index contributed by atoms with van der Waals surface area (Å²) in [4.78, 5) is 17.6. The number of hydrogen-bond donors (Lipinski definition) is 0. The first kappa shape index (κ1) is 16.3. The van der Waals surface area contributed by atoms with E-state index in [1.165, 1.54) is 11.1 Å². The van der Waals surface area contributed by atoms with Crippen molar-refractivity contribution in [3.05, 3.63) is 65.7 Å². The van der Waals surface area contributed by atoms with E-state index in [-0.39, 0.29) is 5.92 Å². The number of para-hydroxylation sites is 1. The average Bonchev–Trinajstić information content (AvgIpc) is 2.94. The van der Waals surface area contributed by atoms with Crippen molar-refractivity contribution in [3.63, 3.8) is 0 Å². The monoisotopic (exact) mass is 334 g/mol. The van der Waals surface area contributed by atoms with Gasteiger partial charge in [0.25, 0.3) is 0 Å². The molecule has 2 aliphatic heterocycles. The second-order valence-electron chi connectivity index (χ2n) is 7.22. The molecular formula is C22H26N2O. The average molecular weight is 334 g/mol. The summed E-state index contributed by atoms with van der Waals surface area (Å²) in [6.45, 7) is 5.24. The van der Waals surface area contributed by atoms with Gasteiger partial charge in [0.1, 0.15) is 0 Å². The van der Waals surface area contributed by atoms with Crippen LogP contribution in [0.1, 0.15) is 43.2 Å². The van der Waals surface area contributed by atoms with Crippen LogP contribution in [0.4, 0.5) is 5.69 Å². The Balaban J connectivity index is 1.45. The van der Waals surface area contributed by atoms with Crippen LogP contribution in [0, 0.1) is 0 Å². The number of anilines is 1. The van der Waals surface area contributed by atoms with Gasteiger partial charge in [0.15, 0.2) is 0 Å². The van der Waals surface area contributed by atoms with Gasteiger partial charge >= 0.3 is 0 Å². The van der Waals surface area contributed by atoms with Crippen LogP contribution in [0.25, 0.3) is 0 Å². The summed E-state index contributed by atoms with van der Waals surface area (Å²) in [5.74, 6) is 0.365. The Morgan fingerprint density at radius 3 is 2.36 bits per heavy atom. The van der Waals surface area contributed by atoms with Gasteiger partial charge in [0.05, 0.1) is 5.92 Å². The molecule has 25 heavy (non-hydrogen) atoms. The third kappa shape index (κ3) is 3.09. The van der Waals surface area contributed by atoms with E-state index in [0.29, 0.717) is 11.9 Å². The maximum atomic E-state index is 13.0. The quantitative estimate of drug-likeness (QED) is 0.837. The fraction of sp³-hybridized carbons (Fsp3) is 0.409. The highest BCUT2D eigenvalue weighted by atomic mass is 16.2. The highest BCUT2D eigenvalue weighted by Gasteiger charge is 2.40. The summed E-state index contributed by atoms with van der Waals surface area (Å²) >= 11 is 0. The number of amides is 1. The van der Waals surface area contributed by atoms with E-state index in [1.807, 2.05) is 0 Å². The Morgan fingerprint density at radius 2 is 1.64 bits per heavy atom. The van der Waals surface area contributed by atoms with Crippen molar-refractivity contribution in [1.82, 2.24) is 4.90 Å². The Morgan fingerprint density at radius 1 is 0.960 bits per heavy atom. The maximum absolute atomic E-state index is 13.0. The van der Waals surface area contributed by atoms with Crippen LogP contribution < -0.4 is 4.90 Å². The van der Waals surface area contributed by atoms with Gasteiger partial charge in [-0.05, 0) is 36.5 Å². The normalized spacial score (nSPS) is 21.6. The molecule has 2 heterocycles. The smallest absolute Gasteiger partial charge is 0.234 e. The predicted octanol–water partition coefficient (Wildman–Crippen LogP) is 4.19. The SMILES string of the molecule is CCC1C(=O)N(C2CCN(Cc3ccccc3)CC2)c2ccccc21. The molecule has 2 aromatic rings. The number of piperidine rings is 1. The number of nitrogens with zero attached hydrogens (tertiary/aromatic N) is 2. The first-order valence-corrected chi connectivity index (χ1v) is 9.46. The van der Waals surface area contributed by atoms with Crippen molar-refractivity contribution in [2.24, 2.45) is 0 Å². The molecule has 130 valence electrons. The summed E-state index contributed by atoms with van der Waals surface area (Å²) in [6.07, 6.45) is 3.01. The lowest BCUT2D eigenvalue weighted by atomic mass is 9.98. The van der Waals surface area contributed by atoms with Crippen molar-refractivity contribution in [3.8, 4) is 0 Å². The fourth-order valence-electron chi connectivity index (χ4n) is 4.37. The van der Waals surface area contributed by atoms with E-state index in [2.05, 4.69) is 71.3 Å². The van der Waals surface area contributed by atoms with Crippen molar-refractivity contribution in [2.45, 2.75) is 44.7 Å². The van der Waals surface area contributed by atoms with Crippen LogP contribution in [0.5, 0.6) is 0 Å². The summed E-state index contributed by atoms with van der Waals surface area (Å²) < 4.78 is 0. The molecule has 1 atom stereocenters. The van der Waals surface area contributed by atoms with E-state index in [9.17, 15) is 4.79 Å². The number of hydrogen-bond acceptors (Lipinski definition) is 2. The molecule has 2 aromatic carbocycles. The van der Waals surface area contributed by atoms with Crippen LogP contribution in [0.3, 0.4) is 0 Å². The maximum Gasteiger partial charge on any atom is 0.234 e. The van der Waals surface area contributed by atoms with E-state index < -0.39 is 0 Å². The van der Waals surface area contributed by atoms with Crippen LogP contribution in [-0.4, -0.2) is 29.9 Å². The van der Waals surface area contributed by atoms with Crippen molar-refractivity contribution >= 4 is 11.6 Å². The summed E-state index contributed by atoms with van der Waals surface area (Å²) in [6, 6.07) is 19.4. The number of likely N-dealkylation sites (tertiary alicyclic amines) is 1. The number of carbonyl (C=O) groups excluding carboxylic acids is 1. The first-order chi connectivity index (χ1) is 12.3. The van der Waals surface area contributed by atoms with E-state index in [1.54, 1.807) is 0 Å². The van der Waals surface area contributed by atoms with Crippen LogP contribution in [0.15, 0.2) is 54.6 Å². The third-order valence-corrected chi connectivity index (χ3v) is 5.69. The molecule has 3 heteroatoms. The molecule has 0 aliphatic carbocycles. The molecule has 1 saturated heterocycles. The second-order valence-corrected chi connectivity index (χ2v) is 7.22. The number of carbonyl (C=O) groups is 1. The molecule has 1 unspecified atom stereocenters. The van der Waals surface area contributed by atoms with Gasteiger partial charge in [-0.25, -0.2) is 0 Å². The zero-order chi connectivity index (χ0) is 17.2. The second kappa shape index (κ2) is 7.01. The minimum Gasteiger partial charge on any atom is -0.308 e. The topological polar surface area (TPSA) is 23.6 Å². The highest BCUT2D eigenvalue weighted by molar-refractivity contribution is 6.05. The van der Waals surface area contributed by atoms with E-state index in [0.717, 1.165) is 44.6 Å². The molecule has 2 aliphatic rings. The third-order valence-electron chi connectivity index (χ3n) is 5.69. The molecule has 0 radical (unpaired) electrons. The fourth-order valence-corrected chi connectivity index (χ4v) is 4.37. The highest BCUT2D eigenvalue weighted by Crippen LogP contribution is 2.41. The lowest BCUT2D eigenvalue weighted by Gasteiger charge is -2.37. The van der Waals surface area contributed by atoms with Crippen molar-refractivity contribution in [1.29, 1.82) is 0 Å². The molecule has 1 fully saturated rings. The Bertz CT molecular complexity index is 735. The molecule has 4 rings (SSSR count). The predicted molar refractivity (Wildman–Crippen MR) is 102 cm³/mol. The molecule has 3 nitrogen and oxygen atoms in total. The molecule has 0 N–H and O–H groups in total. The van der Waals surface area contributed by atoms with Gasteiger partial charge in [-0.15, -0.1) is 0 Å². The summed E-state index contributed by atoms with van der Waals surface area (Å²) in [5.41, 5.74) is 3.75. The van der Waals surface area contributed by atoms with Gasteiger partial charge < -0.3 is 4.90 Å². The Labute approximate surface area is 150 Å². The first-order valence-electron chi connectivity index (χ1n) is 9.46. The molecule has 0 aromatic heterocycles. The molecule has 0 bridgehead atoms. The van der Waals surface area contributed by atoms with Gasteiger partial charge in [-0.2, -0.15) is 0 Å². The van der Waals surface area contributed by atoms with Crippen molar-refractivity contribution < 1.29 is 4.79 Å². The largest absolute Gasteiger partial charge is 0.308 e. The zero-order valence-corrected chi connectivity index (χ0v) is 14.9. The lowest BCUT2D eigenvalue weighted by molar-refractivity contribution is -0.120. The molecular weight excluding hydrogens is 308 g/mol.